The van der Waals surface area contributed by atoms with Gasteiger partial charge in [-0.25, -0.2) is 29.0 Å². The molecule has 50 heavy (non-hydrogen) atoms. The second kappa shape index (κ2) is 14.0. The van der Waals surface area contributed by atoms with Gasteiger partial charge in [-0.1, -0.05) is 0 Å². The smallest absolute Gasteiger partial charge is 0.444 e. The first-order chi connectivity index (χ1) is 23.5. The molecule has 3 heterocycles. The van der Waals surface area contributed by atoms with Crippen molar-refractivity contribution in [2.75, 3.05) is 16.8 Å². The highest BCUT2D eigenvalue weighted by molar-refractivity contribution is 6.03. The summed E-state index contributed by atoms with van der Waals surface area (Å²) in [7, 11) is 0. The number of oxazole rings is 1. The molecule has 0 aliphatic heterocycles. The molecule has 264 valence electrons. The molecule has 2 amide bonds. The lowest BCUT2D eigenvalue weighted by molar-refractivity contribution is -0.140. The van der Waals surface area contributed by atoms with Gasteiger partial charge in [-0.2, -0.15) is 18.3 Å². The lowest BCUT2D eigenvalue weighted by atomic mass is 10.2. The van der Waals surface area contributed by atoms with Gasteiger partial charge in [0.2, 0.25) is 5.89 Å². The van der Waals surface area contributed by atoms with Crippen LogP contribution in [0, 0.1) is 5.92 Å². The van der Waals surface area contributed by atoms with Gasteiger partial charge in [0.25, 0.3) is 5.91 Å². The second-order valence-corrected chi connectivity index (χ2v) is 12.6. The molecule has 1 aliphatic rings. The molecule has 14 nitrogen and oxygen atoms in total. The molecule has 0 unspecified atom stereocenters. The summed E-state index contributed by atoms with van der Waals surface area (Å²) < 4.78 is 63.1. The average Bonchev–Trinajstić information content (AvgIpc) is 3.51. The highest BCUT2D eigenvalue weighted by Crippen LogP contribution is 2.35. The normalized spacial score (nSPS) is 13.1. The van der Waals surface area contributed by atoms with Crippen molar-refractivity contribution >= 4 is 35.6 Å². The Morgan fingerprint density at radius 1 is 1.08 bits per heavy atom. The number of carbonyl (C=O) groups excluding carboxylic acids is 4. The molecule has 1 N–H and O–H groups in total. The molecule has 0 radical (unpaired) electrons. The van der Waals surface area contributed by atoms with E-state index in [1.807, 2.05) is 0 Å². The van der Waals surface area contributed by atoms with Crippen molar-refractivity contribution in [2.24, 2.45) is 5.92 Å². The Morgan fingerprint density at radius 3 is 2.40 bits per heavy atom. The number of alkyl halides is 3. The summed E-state index contributed by atoms with van der Waals surface area (Å²) in [5.41, 5.74) is -2.77. The fraction of sp³-hybridized carbons (Fsp3) is 0.364. The van der Waals surface area contributed by atoms with E-state index in [1.54, 1.807) is 34.6 Å². The third-order valence-corrected chi connectivity index (χ3v) is 6.86. The second-order valence-electron chi connectivity index (χ2n) is 12.6. The minimum absolute atomic E-state index is 0.0443. The lowest BCUT2D eigenvalue weighted by Gasteiger charge is -2.27. The van der Waals surface area contributed by atoms with Crippen molar-refractivity contribution in [1.29, 1.82) is 0 Å². The molecule has 0 atom stereocenters. The number of pyridine rings is 1. The first-order valence-electron chi connectivity index (χ1n) is 15.4. The van der Waals surface area contributed by atoms with E-state index in [-0.39, 0.29) is 28.7 Å². The van der Waals surface area contributed by atoms with Crippen LogP contribution in [-0.2, 0) is 20.4 Å². The van der Waals surface area contributed by atoms with Crippen LogP contribution in [-0.4, -0.2) is 62.1 Å². The predicted octanol–water partition coefficient (Wildman–Crippen LogP) is 7.05. The zero-order valence-corrected chi connectivity index (χ0v) is 27.6. The van der Waals surface area contributed by atoms with E-state index in [1.165, 1.54) is 47.5 Å². The fourth-order valence-corrected chi connectivity index (χ4v) is 4.44. The van der Waals surface area contributed by atoms with Gasteiger partial charge in [0.05, 0.1) is 29.2 Å². The molecule has 1 aliphatic carbocycles. The number of hydrogen-bond acceptors (Lipinski definition) is 11. The highest BCUT2D eigenvalue weighted by Gasteiger charge is 2.38. The Bertz CT molecular complexity index is 1890. The average molecular weight is 699 g/mol. The fourth-order valence-electron chi connectivity index (χ4n) is 4.44. The van der Waals surface area contributed by atoms with Crippen molar-refractivity contribution in [3.8, 4) is 17.1 Å². The van der Waals surface area contributed by atoms with E-state index in [9.17, 15) is 32.3 Å². The summed E-state index contributed by atoms with van der Waals surface area (Å²) in [5.74, 6) is -1.51. The van der Waals surface area contributed by atoms with Gasteiger partial charge in [0.1, 0.15) is 17.7 Å². The molecule has 17 heteroatoms. The lowest BCUT2D eigenvalue weighted by Crippen LogP contribution is -2.38. The van der Waals surface area contributed by atoms with Crippen LogP contribution in [0.1, 0.15) is 74.0 Å². The third-order valence-electron chi connectivity index (χ3n) is 6.86. The van der Waals surface area contributed by atoms with Crippen LogP contribution in [0.15, 0.2) is 59.5 Å². The summed E-state index contributed by atoms with van der Waals surface area (Å²) in [6.45, 7) is 8.78. The Kier molecular flexibility index (Phi) is 9.96. The Hall–Kier alpha value is -5.74. The standard InChI is InChI=1S/C33H33F3N6O8/c1-18(2)48-31(46)49-29(44)20-8-10-22(11-9-20)42-16-23(26(40-42)33(34,35)36)38-27(43)24-17-47-28(39-24)21-12-13-37-25(14-21)41(15-19-6-7-19)30(45)50-32(3,4)5/h8-14,16-19H,6-7,15H2,1-5H3,(H,38,43). The molecule has 5 rings (SSSR count). The number of carbonyl (C=O) groups is 4. The maximum absolute atomic E-state index is 14.0. The molecule has 3 aromatic heterocycles. The molecule has 4 aromatic rings. The first kappa shape index (κ1) is 35.6. The van der Waals surface area contributed by atoms with Crippen molar-refractivity contribution in [2.45, 2.75) is 65.3 Å². The van der Waals surface area contributed by atoms with Gasteiger partial charge < -0.3 is 23.9 Å². The van der Waals surface area contributed by atoms with Crippen molar-refractivity contribution < 1.29 is 51.0 Å². The molecule has 1 saturated carbocycles. The SMILES string of the molecule is CC(C)OC(=O)OC(=O)c1ccc(-n2cc(NC(=O)c3coc(-c4ccnc(N(CC5CC5)C(=O)OC(C)(C)C)c4)n3)c(C(F)(F)F)n2)cc1. The zero-order chi connectivity index (χ0) is 36.4. The number of nitrogens with one attached hydrogen (secondary N) is 1. The van der Waals surface area contributed by atoms with Gasteiger partial charge >= 0.3 is 24.4 Å². The van der Waals surface area contributed by atoms with E-state index in [0.29, 0.717) is 18.0 Å². The minimum atomic E-state index is -4.96. The maximum atomic E-state index is 14.0. The quantitative estimate of drug-likeness (QED) is 0.141. The van der Waals surface area contributed by atoms with Crippen LogP contribution in [0.3, 0.4) is 0 Å². The summed E-state index contributed by atoms with van der Waals surface area (Å²) >= 11 is 0. The van der Waals surface area contributed by atoms with E-state index in [0.717, 1.165) is 30.0 Å². The summed E-state index contributed by atoms with van der Waals surface area (Å²) in [5, 5.41) is 5.77. The predicted molar refractivity (Wildman–Crippen MR) is 170 cm³/mol. The number of aromatic nitrogens is 4. The number of anilines is 2. The molecule has 0 spiro atoms. The number of esters is 1. The number of amides is 2. The zero-order valence-electron chi connectivity index (χ0n) is 27.6. The Morgan fingerprint density at radius 2 is 1.78 bits per heavy atom. The minimum Gasteiger partial charge on any atom is -0.444 e. The van der Waals surface area contributed by atoms with Gasteiger partial charge in [-0.3, -0.25) is 9.69 Å². The molecule has 1 aromatic carbocycles. The molecular weight excluding hydrogens is 665 g/mol. The van der Waals surface area contributed by atoms with Crippen LogP contribution in [0.5, 0.6) is 0 Å². The van der Waals surface area contributed by atoms with E-state index >= 15 is 0 Å². The van der Waals surface area contributed by atoms with Gasteiger partial charge in [0, 0.05) is 18.3 Å². The number of halogens is 3. The monoisotopic (exact) mass is 698 g/mol. The van der Waals surface area contributed by atoms with Crippen LogP contribution in [0.4, 0.5) is 34.3 Å². The molecular formula is C33H33F3N6O8. The van der Waals surface area contributed by atoms with Crippen molar-refractivity contribution in [3.63, 3.8) is 0 Å². The topological polar surface area (TPSA) is 168 Å². The third kappa shape index (κ3) is 9.03. The summed E-state index contributed by atoms with van der Waals surface area (Å²) in [4.78, 5) is 59.7. The van der Waals surface area contributed by atoms with E-state index in [4.69, 9.17) is 13.9 Å². The van der Waals surface area contributed by atoms with Gasteiger partial charge in [-0.15, -0.1) is 0 Å². The van der Waals surface area contributed by atoms with Crippen LogP contribution < -0.4 is 10.2 Å². The number of benzene rings is 1. The van der Waals surface area contributed by atoms with E-state index < -0.39 is 53.4 Å². The number of ether oxygens (including phenoxy) is 3. The largest absolute Gasteiger partial charge is 0.516 e. The van der Waals surface area contributed by atoms with E-state index in [2.05, 4.69) is 25.1 Å². The maximum Gasteiger partial charge on any atom is 0.516 e. The molecule has 1 fully saturated rings. The van der Waals surface area contributed by atoms with Crippen molar-refractivity contribution in [3.05, 3.63) is 72.0 Å². The van der Waals surface area contributed by atoms with Gasteiger partial charge in [0.15, 0.2) is 11.4 Å². The molecule has 0 bridgehead atoms. The van der Waals surface area contributed by atoms with Crippen LogP contribution in [0.2, 0.25) is 0 Å². The molecule has 0 saturated heterocycles. The first-order valence-corrected chi connectivity index (χ1v) is 15.4. The van der Waals surface area contributed by atoms with Crippen LogP contribution in [0.25, 0.3) is 17.1 Å². The van der Waals surface area contributed by atoms with Crippen LogP contribution >= 0.6 is 0 Å². The van der Waals surface area contributed by atoms with Gasteiger partial charge in [-0.05, 0) is 89.8 Å². The Labute approximate surface area is 283 Å². The number of nitrogens with zero attached hydrogens (tertiary/aromatic N) is 5. The highest BCUT2D eigenvalue weighted by atomic mass is 19.4. The number of hydrogen-bond donors (Lipinski definition) is 1. The Balaban J connectivity index is 1.33. The number of rotatable bonds is 9. The van der Waals surface area contributed by atoms with Crippen molar-refractivity contribution in [1.82, 2.24) is 19.7 Å². The summed E-state index contributed by atoms with van der Waals surface area (Å²) in [6.07, 6.45) is -1.98. The summed E-state index contributed by atoms with van der Waals surface area (Å²) in [6, 6.07) is 8.04.